The van der Waals surface area contributed by atoms with Crippen molar-refractivity contribution in [3.05, 3.63) is 29.8 Å². The number of rotatable bonds is 3. The Bertz CT molecular complexity index is 503. The van der Waals surface area contributed by atoms with Crippen molar-refractivity contribution in [3.8, 4) is 11.5 Å². The quantitative estimate of drug-likeness (QED) is 0.613. The average molecular weight is 262 g/mol. The Morgan fingerprint density at radius 3 is 3.05 bits per heavy atom. The van der Waals surface area contributed by atoms with Crippen LogP contribution >= 0.6 is 0 Å². The molecule has 1 fully saturated rings. The Morgan fingerprint density at radius 1 is 1.32 bits per heavy atom. The van der Waals surface area contributed by atoms with Crippen LogP contribution in [0.25, 0.3) is 6.08 Å². The summed E-state index contributed by atoms with van der Waals surface area (Å²) >= 11 is 0. The summed E-state index contributed by atoms with van der Waals surface area (Å²) < 4.78 is 20.8. The molecule has 1 aromatic rings. The Morgan fingerprint density at radius 2 is 2.21 bits per heavy atom. The van der Waals surface area contributed by atoms with Crippen molar-refractivity contribution in [1.82, 2.24) is 0 Å². The van der Waals surface area contributed by atoms with E-state index in [0.29, 0.717) is 19.0 Å². The van der Waals surface area contributed by atoms with Crippen LogP contribution in [0, 0.1) is 0 Å². The highest BCUT2D eigenvalue weighted by molar-refractivity contribution is 5.87. The van der Waals surface area contributed by atoms with Crippen LogP contribution in [-0.4, -0.2) is 32.1 Å². The maximum atomic E-state index is 11.6. The molecule has 3 rings (SSSR count). The van der Waals surface area contributed by atoms with E-state index in [-0.39, 0.29) is 18.9 Å². The molecule has 19 heavy (non-hydrogen) atoms. The molecule has 0 radical (unpaired) electrons. The van der Waals surface area contributed by atoms with Gasteiger partial charge in [0.15, 0.2) is 11.5 Å². The highest BCUT2D eigenvalue weighted by Crippen LogP contribution is 2.32. The molecule has 0 aliphatic carbocycles. The molecule has 1 atom stereocenters. The van der Waals surface area contributed by atoms with Gasteiger partial charge in [0, 0.05) is 12.5 Å². The van der Waals surface area contributed by atoms with Crippen molar-refractivity contribution in [3.63, 3.8) is 0 Å². The molecule has 0 amide bonds. The van der Waals surface area contributed by atoms with E-state index in [1.165, 1.54) is 6.08 Å². The van der Waals surface area contributed by atoms with Crippen LogP contribution in [0.3, 0.4) is 0 Å². The molecule has 2 aliphatic heterocycles. The second-order valence-corrected chi connectivity index (χ2v) is 4.37. The second-order valence-electron chi connectivity index (χ2n) is 4.37. The minimum atomic E-state index is -0.354. The summed E-state index contributed by atoms with van der Waals surface area (Å²) in [5.41, 5.74) is 0.865. The van der Waals surface area contributed by atoms with Crippen LogP contribution in [0.5, 0.6) is 11.5 Å². The number of fused-ring (bicyclic) bond motifs is 1. The molecule has 1 unspecified atom stereocenters. The van der Waals surface area contributed by atoms with Crippen molar-refractivity contribution < 1.29 is 23.7 Å². The molecule has 0 bridgehead atoms. The minimum absolute atomic E-state index is 0.117. The molecule has 5 nitrogen and oxygen atoms in total. The van der Waals surface area contributed by atoms with Crippen LogP contribution in [0.15, 0.2) is 24.3 Å². The molecular formula is C14H14O5. The first-order chi connectivity index (χ1) is 9.31. The summed E-state index contributed by atoms with van der Waals surface area (Å²) in [6, 6.07) is 5.50. The molecule has 2 aliphatic rings. The summed E-state index contributed by atoms with van der Waals surface area (Å²) in [5, 5.41) is 0. The number of hydrogen-bond acceptors (Lipinski definition) is 5. The van der Waals surface area contributed by atoms with Gasteiger partial charge in [-0.1, -0.05) is 6.07 Å². The lowest BCUT2D eigenvalue weighted by Gasteiger charge is -2.07. The fourth-order valence-electron chi connectivity index (χ4n) is 1.99. The predicted molar refractivity (Wildman–Crippen MR) is 66.9 cm³/mol. The van der Waals surface area contributed by atoms with Gasteiger partial charge in [0.1, 0.15) is 6.10 Å². The zero-order valence-electron chi connectivity index (χ0n) is 10.3. The van der Waals surface area contributed by atoms with Crippen molar-refractivity contribution >= 4 is 12.0 Å². The fraction of sp³-hybridized carbons (Fsp3) is 0.357. The Hall–Kier alpha value is -2.01. The molecule has 5 heteroatoms. The molecule has 1 aromatic carbocycles. The van der Waals surface area contributed by atoms with Gasteiger partial charge >= 0.3 is 5.97 Å². The summed E-state index contributed by atoms with van der Waals surface area (Å²) in [4.78, 5) is 11.6. The van der Waals surface area contributed by atoms with Gasteiger partial charge in [-0.3, -0.25) is 0 Å². The van der Waals surface area contributed by atoms with Crippen molar-refractivity contribution in [2.45, 2.75) is 12.5 Å². The molecular weight excluding hydrogens is 248 g/mol. The summed E-state index contributed by atoms with van der Waals surface area (Å²) in [7, 11) is 0. The zero-order chi connectivity index (χ0) is 13.1. The lowest BCUT2D eigenvalue weighted by atomic mass is 10.2. The molecule has 0 saturated carbocycles. The number of benzene rings is 1. The average Bonchev–Trinajstić information content (AvgIpc) is 3.06. The fourth-order valence-corrected chi connectivity index (χ4v) is 1.99. The minimum Gasteiger partial charge on any atom is -0.457 e. The second kappa shape index (κ2) is 5.32. The highest BCUT2D eigenvalue weighted by Gasteiger charge is 2.18. The van der Waals surface area contributed by atoms with Crippen LogP contribution in [0.4, 0.5) is 0 Å². The first-order valence-corrected chi connectivity index (χ1v) is 6.17. The monoisotopic (exact) mass is 262 g/mol. The summed E-state index contributed by atoms with van der Waals surface area (Å²) in [6.07, 6.45) is 3.76. The topological polar surface area (TPSA) is 54.0 Å². The van der Waals surface area contributed by atoms with E-state index in [2.05, 4.69) is 0 Å². The van der Waals surface area contributed by atoms with Crippen LogP contribution in [0.2, 0.25) is 0 Å². The van der Waals surface area contributed by atoms with Gasteiger partial charge in [0.05, 0.1) is 13.2 Å². The first-order valence-electron chi connectivity index (χ1n) is 6.17. The van der Waals surface area contributed by atoms with Gasteiger partial charge in [0.25, 0.3) is 0 Å². The number of esters is 1. The van der Waals surface area contributed by atoms with Gasteiger partial charge in [0.2, 0.25) is 6.79 Å². The molecule has 100 valence electrons. The molecule has 2 heterocycles. The Balaban J connectivity index is 1.60. The van der Waals surface area contributed by atoms with Crippen LogP contribution < -0.4 is 9.47 Å². The van der Waals surface area contributed by atoms with Gasteiger partial charge in [-0.15, -0.1) is 0 Å². The lowest BCUT2D eigenvalue weighted by Crippen LogP contribution is -2.16. The molecule has 0 spiro atoms. The SMILES string of the molecule is O=C(C=Cc1ccc2c(c1)OCO2)OC1CCOC1. The number of hydrogen-bond donors (Lipinski definition) is 0. The Kier molecular flexibility index (Phi) is 3.37. The van der Waals surface area contributed by atoms with E-state index in [1.807, 2.05) is 18.2 Å². The summed E-state index contributed by atoms with van der Waals surface area (Å²) in [6.45, 7) is 1.39. The van der Waals surface area contributed by atoms with E-state index >= 15 is 0 Å². The Labute approximate surface area is 110 Å². The summed E-state index contributed by atoms with van der Waals surface area (Å²) in [5.74, 6) is 1.07. The third-order valence-electron chi connectivity index (χ3n) is 2.98. The van der Waals surface area contributed by atoms with Gasteiger partial charge in [-0.05, 0) is 23.8 Å². The first kappa shape index (κ1) is 12.0. The molecule has 0 aromatic heterocycles. The third kappa shape index (κ3) is 2.88. The third-order valence-corrected chi connectivity index (χ3v) is 2.98. The molecule has 1 saturated heterocycles. The van der Waals surface area contributed by atoms with Gasteiger partial charge in [-0.2, -0.15) is 0 Å². The highest BCUT2D eigenvalue weighted by atomic mass is 16.7. The van der Waals surface area contributed by atoms with Crippen LogP contribution in [-0.2, 0) is 14.3 Å². The van der Waals surface area contributed by atoms with Crippen LogP contribution in [0.1, 0.15) is 12.0 Å². The van der Waals surface area contributed by atoms with E-state index in [9.17, 15) is 4.79 Å². The number of carbonyl (C=O) groups is 1. The maximum Gasteiger partial charge on any atom is 0.331 e. The number of ether oxygens (including phenoxy) is 4. The van der Waals surface area contributed by atoms with Gasteiger partial charge < -0.3 is 18.9 Å². The van der Waals surface area contributed by atoms with Crippen molar-refractivity contribution in [2.24, 2.45) is 0 Å². The van der Waals surface area contributed by atoms with E-state index in [4.69, 9.17) is 18.9 Å². The standard InChI is InChI=1S/C14H14O5/c15-14(19-11-5-6-16-8-11)4-2-10-1-3-12-13(7-10)18-9-17-12/h1-4,7,11H,5-6,8-9H2. The normalized spacial score (nSPS) is 20.9. The lowest BCUT2D eigenvalue weighted by molar-refractivity contribution is -0.142. The number of carbonyl (C=O) groups excluding carboxylic acids is 1. The van der Waals surface area contributed by atoms with E-state index < -0.39 is 0 Å². The van der Waals surface area contributed by atoms with Crippen molar-refractivity contribution in [2.75, 3.05) is 20.0 Å². The smallest absolute Gasteiger partial charge is 0.331 e. The van der Waals surface area contributed by atoms with Gasteiger partial charge in [-0.25, -0.2) is 4.79 Å². The largest absolute Gasteiger partial charge is 0.457 e. The zero-order valence-corrected chi connectivity index (χ0v) is 10.3. The molecule has 0 N–H and O–H groups in total. The van der Waals surface area contributed by atoms with Crippen molar-refractivity contribution in [1.29, 1.82) is 0 Å². The van der Waals surface area contributed by atoms with E-state index in [0.717, 1.165) is 17.7 Å². The van der Waals surface area contributed by atoms with E-state index in [1.54, 1.807) is 6.08 Å². The maximum absolute atomic E-state index is 11.6. The predicted octanol–water partition coefficient (Wildman–Crippen LogP) is 1.76.